The Bertz CT molecular complexity index is 442. The number of alkyl halides is 1. The molecule has 0 bridgehead atoms. The number of halogens is 1. The molecule has 1 saturated heterocycles. The van der Waals surface area contributed by atoms with Crippen LogP contribution in [0.4, 0.5) is 0 Å². The minimum atomic E-state index is -2.84. The summed E-state index contributed by atoms with van der Waals surface area (Å²) in [6, 6.07) is -0.0217. The molecule has 0 aromatic carbocycles. The summed E-state index contributed by atoms with van der Waals surface area (Å²) in [6.45, 7) is 0. The van der Waals surface area contributed by atoms with Gasteiger partial charge in [0.2, 0.25) is 0 Å². The van der Waals surface area contributed by atoms with Crippen molar-refractivity contribution >= 4 is 25.8 Å². The summed E-state index contributed by atoms with van der Waals surface area (Å²) >= 11 is 3.32. The largest absolute Gasteiger partial charge is 0.248 e. The van der Waals surface area contributed by atoms with E-state index in [0.717, 1.165) is 17.4 Å². The van der Waals surface area contributed by atoms with Crippen molar-refractivity contribution < 1.29 is 8.42 Å². The lowest BCUT2D eigenvalue weighted by Gasteiger charge is -2.05. The number of rotatable bonds is 3. The lowest BCUT2D eigenvalue weighted by molar-refractivity contribution is 0.484. The van der Waals surface area contributed by atoms with Gasteiger partial charge in [0.1, 0.15) is 0 Å². The first kappa shape index (κ1) is 11.1. The van der Waals surface area contributed by atoms with Crippen molar-refractivity contribution in [1.29, 1.82) is 0 Å². The van der Waals surface area contributed by atoms with E-state index in [4.69, 9.17) is 0 Å². The molecule has 0 radical (unpaired) electrons. The van der Waals surface area contributed by atoms with E-state index in [0.29, 0.717) is 6.42 Å². The Morgan fingerprint density at radius 3 is 3.00 bits per heavy atom. The third-order valence-corrected chi connectivity index (χ3v) is 4.64. The first-order valence-electron chi connectivity index (χ1n) is 4.78. The van der Waals surface area contributed by atoms with Gasteiger partial charge in [0.25, 0.3) is 0 Å². The fourth-order valence-electron chi connectivity index (χ4n) is 1.69. The molecule has 1 aromatic rings. The van der Waals surface area contributed by atoms with E-state index in [2.05, 4.69) is 26.2 Å². The van der Waals surface area contributed by atoms with Crippen LogP contribution in [-0.2, 0) is 16.3 Å². The topological polar surface area (TPSA) is 64.8 Å². The average Bonchev–Trinajstić information content (AvgIpc) is 2.73. The fourth-order valence-corrected chi connectivity index (χ4v) is 3.80. The molecule has 0 saturated carbocycles. The molecular weight excluding hydrogens is 282 g/mol. The predicted octanol–water partition coefficient (Wildman–Crippen LogP) is 0.575. The molecule has 0 aliphatic carbocycles. The van der Waals surface area contributed by atoms with Crippen LogP contribution < -0.4 is 0 Å². The van der Waals surface area contributed by atoms with E-state index in [9.17, 15) is 8.42 Å². The maximum absolute atomic E-state index is 11.3. The second-order valence-electron chi connectivity index (χ2n) is 3.69. The summed E-state index contributed by atoms with van der Waals surface area (Å²) in [7, 11) is -2.84. The molecule has 5 nitrogen and oxygen atoms in total. The number of aromatic nitrogens is 3. The number of hydrogen-bond acceptors (Lipinski definition) is 4. The number of aryl methyl sites for hydroxylation is 1. The molecule has 1 aliphatic heterocycles. The van der Waals surface area contributed by atoms with Gasteiger partial charge in [0.05, 0.1) is 23.2 Å². The first-order chi connectivity index (χ1) is 7.11. The van der Waals surface area contributed by atoms with Gasteiger partial charge in [-0.1, -0.05) is 21.1 Å². The molecule has 0 spiro atoms. The van der Waals surface area contributed by atoms with E-state index < -0.39 is 9.84 Å². The van der Waals surface area contributed by atoms with E-state index >= 15 is 0 Å². The number of sulfone groups is 1. The zero-order chi connectivity index (χ0) is 10.9. The maximum atomic E-state index is 11.3. The minimum absolute atomic E-state index is 0.0217. The van der Waals surface area contributed by atoms with Gasteiger partial charge in [-0.3, -0.25) is 0 Å². The Labute approximate surface area is 96.9 Å². The second kappa shape index (κ2) is 4.21. The second-order valence-corrected chi connectivity index (χ2v) is 6.71. The van der Waals surface area contributed by atoms with Gasteiger partial charge in [-0.25, -0.2) is 13.1 Å². The molecule has 2 rings (SSSR count). The van der Waals surface area contributed by atoms with Crippen molar-refractivity contribution in [1.82, 2.24) is 15.0 Å². The summed E-state index contributed by atoms with van der Waals surface area (Å²) in [5.74, 6) is 0.468. The van der Waals surface area contributed by atoms with Gasteiger partial charge in [0.15, 0.2) is 9.84 Å². The van der Waals surface area contributed by atoms with Gasteiger partial charge in [0, 0.05) is 17.9 Å². The molecule has 1 aromatic heterocycles. The quantitative estimate of drug-likeness (QED) is 0.765. The third-order valence-electron chi connectivity index (χ3n) is 2.49. The minimum Gasteiger partial charge on any atom is -0.248 e. The lowest BCUT2D eigenvalue weighted by atomic mass is 10.3. The van der Waals surface area contributed by atoms with Gasteiger partial charge >= 0.3 is 0 Å². The highest BCUT2D eigenvalue weighted by Gasteiger charge is 2.29. The van der Waals surface area contributed by atoms with Crippen molar-refractivity contribution in [2.75, 3.05) is 16.8 Å². The van der Waals surface area contributed by atoms with Crippen molar-refractivity contribution in [2.45, 2.75) is 18.9 Å². The number of hydrogen-bond donors (Lipinski definition) is 0. The highest BCUT2D eigenvalue weighted by molar-refractivity contribution is 9.09. The van der Waals surface area contributed by atoms with Crippen molar-refractivity contribution in [3.63, 3.8) is 0 Å². The molecule has 2 heterocycles. The Kier molecular flexibility index (Phi) is 3.11. The standard InChI is InChI=1S/C8H12BrN3O2S/c9-3-1-7-5-12(11-10-7)8-2-4-15(13,14)6-8/h5,8H,1-4,6H2. The molecule has 15 heavy (non-hydrogen) atoms. The number of nitrogens with zero attached hydrogens (tertiary/aromatic N) is 3. The Hall–Kier alpha value is -0.430. The van der Waals surface area contributed by atoms with Gasteiger partial charge in [-0.15, -0.1) is 5.10 Å². The predicted molar refractivity (Wildman–Crippen MR) is 59.8 cm³/mol. The summed E-state index contributed by atoms with van der Waals surface area (Å²) < 4.78 is 24.2. The van der Waals surface area contributed by atoms with Crippen LogP contribution in [0.3, 0.4) is 0 Å². The third kappa shape index (κ3) is 2.57. The summed E-state index contributed by atoms with van der Waals surface area (Å²) in [5, 5.41) is 8.79. The van der Waals surface area contributed by atoms with Crippen LogP contribution >= 0.6 is 15.9 Å². The molecule has 84 valence electrons. The molecule has 0 amide bonds. The fraction of sp³-hybridized carbons (Fsp3) is 0.750. The smallest absolute Gasteiger partial charge is 0.152 e. The Morgan fingerprint density at radius 1 is 1.60 bits per heavy atom. The Morgan fingerprint density at radius 2 is 2.40 bits per heavy atom. The molecule has 1 fully saturated rings. The molecule has 7 heteroatoms. The van der Waals surface area contributed by atoms with Crippen LogP contribution in [0.15, 0.2) is 6.20 Å². The van der Waals surface area contributed by atoms with Crippen LogP contribution in [0.25, 0.3) is 0 Å². The lowest BCUT2D eigenvalue weighted by Crippen LogP contribution is -2.11. The highest BCUT2D eigenvalue weighted by Crippen LogP contribution is 2.22. The van der Waals surface area contributed by atoms with Gasteiger partial charge < -0.3 is 0 Å². The normalized spacial score (nSPS) is 24.5. The van der Waals surface area contributed by atoms with Crippen molar-refractivity contribution in [3.8, 4) is 0 Å². The molecule has 0 N–H and O–H groups in total. The van der Waals surface area contributed by atoms with E-state index in [1.807, 2.05) is 6.20 Å². The summed E-state index contributed by atoms with van der Waals surface area (Å²) in [5.41, 5.74) is 0.899. The van der Waals surface area contributed by atoms with Crippen LogP contribution in [0.2, 0.25) is 0 Å². The first-order valence-corrected chi connectivity index (χ1v) is 7.72. The van der Waals surface area contributed by atoms with E-state index in [-0.39, 0.29) is 17.5 Å². The molecule has 1 aliphatic rings. The summed E-state index contributed by atoms with van der Waals surface area (Å²) in [4.78, 5) is 0. The van der Waals surface area contributed by atoms with Crippen LogP contribution in [0, 0.1) is 0 Å². The summed E-state index contributed by atoms with van der Waals surface area (Å²) in [6.07, 6.45) is 3.31. The SMILES string of the molecule is O=S1(=O)CCC(n2cc(CCBr)nn2)C1. The van der Waals surface area contributed by atoms with E-state index in [1.165, 1.54) is 0 Å². The van der Waals surface area contributed by atoms with Gasteiger partial charge in [-0.2, -0.15) is 0 Å². The maximum Gasteiger partial charge on any atom is 0.152 e. The monoisotopic (exact) mass is 293 g/mol. The Balaban J connectivity index is 2.10. The van der Waals surface area contributed by atoms with Gasteiger partial charge in [-0.05, 0) is 6.42 Å². The van der Waals surface area contributed by atoms with Crippen LogP contribution in [0.5, 0.6) is 0 Å². The molecule has 1 atom stereocenters. The van der Waals surface area contributed by atoms with Crippen LogP contribution in [0.1, 0.15) is 18.2 Å². The zero-order valence-corrected chi connectivity index (χ0v) is 10.5. The zero-order valence-electron chi connectivity index (χ0n) is 8.13. The molecular formula is C8H12BrN3O2S. The highest BCUT2D eigenvalue weighted by atomic mass is 79.9. The average molecular weight is 294 g/mol. The van der Waals surface area contributed by atoms with Crippen molar-refractivity contribution in [3.05, 3.63) is 11.9 Å². The van der Waals surface area contributed by atoms with Crippen LogP contribution in [-0.4, -0.2) is 40.2 Å². The molecule has 1 unspecified atom stereocenters. The van der Waals surface area contributed by atoms with Crippen molar-refractivity contribution in [2.24, 2.45) is 0 Å². The van der Waals surface area contributed by atoms with E-state index in [1.54, 1.807) is 4.68 Å².